The van der Waals surface area contributed by atoms with E-state index >= 15 is 0 Å². The van der Waals surface area contributed by atoms with E-state index < -0.39 is 17.5 Å². The number of benzene rings is 2. The molecule has 32 heavy (non-hydrogen) atoms. The van der Waals surface area contributed by atoms with E-state index in [1.165, 1.54) is 25.9 Å². The highest BCUT2D eigenvalue weighted by atomic mass is 16.4. The Hall–Kier alpha value is -2.70. The monoisotopic (exact) mass is 439 g/mol. The highest BCUT2D eigenvalue weighted by Gasteiger charge is 2.48. The molecule has 2 aromatic carbocycles. The minimum Gasteiger partial charge on any atom is -0.481 e. The lowest BCUT2D eigenvalue weighted by Crippen LogP contribution is -2.55. The molecule has 3 aliphatic heterocycles. The second-order valence-electron chi connectivity index (χ2n) is 8.74. The third kappa shape index (κ3) is 5.96. The number of aliphatic hydroxyl groups is 1. The van der Waals surface area contributed by atoms with Crippen LogP contribution >= 0.6 is 0 Å². The maximum absolute atomic E-state index is 11.9. The molecule has 3 heterocycles. The number of piperidine rings is 3. The Morgan fingerprint density at radius 3 is 1.59 bits per heavy atom. The van der Waals surface area contributed by atoms with Gasteiger partial charge in [0, 0.05) is 25.3 Å². The molecule has 2 aromatic rings. The number of carboxylic acids is 2. The van der Waals surface area contributed by atoms with Crippen LogP contribution in [0.2, 0.25) is 0 Å². The van der Waals surface area contributed by atoms with Gasteiger partial charge in [-0.3, -0.25) is 9.59 Å². The first-order valence-electron chi connectivity index (χ1n) is 11.4. The summed E-state index contributed by atoms with van der Waals surface area (Å²) in [5, 5.41) is 28.1. The van der Waals surface area contributed by atoms with Crippen molar-refractivity contribution >= 4 is 11.9 Å². The predicted molar refractivity (Wildman–Crippen MR) is 122 cm³/mol. The van der Waals surface area contributed by atoms with Crippen molar-refractivity contribution in [3.63, 3.8) is 0 Å². The van der Waals surface area contributed by atoms with Gasteiger partial charge in [-0.25, -0.2) is 0 Å². The largest absolute Gasteiger partial charge is 0.481 e. The number of hydrogen-bond acceptors (Lipinski definition) is 4. The lowest BCUT2D eigenvalue weighted by Gasteiger charge is -2.51. The Labute approximate surface area is 189 Å². The van der Waals surface area contributed by atoms with Gasteiger partial charge in [-0.1, -0.05) is 60.7 Å². The van der Waals surface area contributed by atoms with Gasteiger partial charge in [-0.2, -0.15) is 0 Å². The first-order chi connectivity index (χ1) is 15.4. The fourth-order valence-corrected chi connectivity index (χ4v) is 4.97. The van der Waals surface area contributed by atoms with Crippen LogP contribution in [0.25, 0.3) is 0 Å². The number of unbranched alkanes of at least 4 members (excludes halogenated alkanes) is 1. The number of fused-ring (bicyclic) bond motifs is 3. The summed E-state index contributed by atoms with van der Waals surface area (Å²) in [5.74, 6) is -0.842. The SMILES string of the molecule is O=C(O)CCCCC(=O)O.OC(c1ccccc1)(c1ccccc1)C1CN2CCC1CC2. The van der Waals surface area contributed by atoms with Gasteiger partial charge in [0.25, 0.3) is 0 Å². The second-order valence-corrected chi connectivity index (χ2v) is 8.74. The number of aliphatic carboxylic acids is 2. The van der Waals surface area contributed by atoms with Crippen LogP contribution in [0.1, 0.15) is 49.7 Å². The molecule has 3 saturated heterocycles. The molecule has 0 aromatic heterocycles. The minimum absolute atomic E-state index is 0.0628. The Balaban J connectivity index is 0.000000247. The van der Waals surface area contributed by atoms with E-state index in [0.29, 0.717) is 18.8 Å². The quantitative estimate of drug-likeness (QED) is 0.538. The molecule has 3 N–H and O–H groups in total. The maximum Gasteiger partial charge on any atom is 0.303 e. The Morgan fingerprint density at radius 1 is 0.812 bits per heavy atom. The molecular weight excluding hydrogens is 406 g/mol. The molecule has 0 spiro atoms. The zero-order valence-corrected chi connectivity index (χ0v) is 18.4. The van der Waals surface area contributed by atoms with Crippen LogP contribution in [0, 0.1) is 11.8 Å². The summed E-state index contributed by atoms with van der Waals surface area (Å²) in [6, 6.07) is 20.5. The Kier molecular flexibility index (Phi) is 8.42. The van der Waals surface area contributed by atoms with Gasteiger partial charge in [-0.15, -0.1) is 0 Å². The average Bonchev–Trinajstić information content (AvgIpc) is 2.83. The van der Waals surface area contributed by atoms with Gasteiger partial charge in [-0.05, 0) is 55.8 Å². The molecule has 6 nitrogen and oxygen atoms in total. The van der Waals surface area contributed by atoms with Gasteiger partial charge in [0.05, 0.1) is 0 Å². The molecule has 1 unspecified atom stereocenters. The highest BCUT2D eigenvalue weighted by molar-refractivity contribution is 5.67. The van der Waals surface area contributed by atoms with Crippen molar-refractivity contribution in [2.75, 3.05) is 19.6 Å². The number of carbonyl (C=O) groups is 2. The molecule has 0 radical (unpaired) electrons. The van der Waals surface area contributed by atoms with Crippen molar-refractivity contribution < 1.29 is 24.9 Å². The summed E-state index contributed by atoms with van der Waals surface area (Å²) >= 11 is 0. The molecule has 0 saturated carbocycles. The van der Waals surface area contributed by atoms with E-state index in [2.05, 4.69) is 29.2 Å². The van der Waals surface area contributed by atoms with Crippen molar-refractivity contribution in [2.45, 2.75) is 44.1 Å². The first-order valence-corrected chi connectivity index (χ1v) is 11.4. The number of rotatable bonds is 8. The van der Waals surface area contributed by atoms with E-state index in [0.717, 1.165) is 17.7 Å². The topological polar surface area (TPSA) is 98.1 Å². The summed E-state index contributed by atoms with van der Waals surface area (Å²) in [4.78, 5) is 22.3. The zero-order valence-electron chi connectivity index (χ0n) is 18.4. The molecule has 0 aliphatic carbocycles. The summed E-state index contributed by atoms with van der Waals surface area (Å²) in [5.41, 5.74) is 1.17. The van der Waals surface area contributed by atoms with Crippen LogP contribution in [0.5, 0.6) is 0 Å². The van der Waals surface area contributed by atoms with Gasteiger partial charge < -0.3 is 20.2 Å². The predicted octanol–water partition coefficient (Wildman–Crippen LogP) is 3.98. The van der Waals surface area contributed by atoms with Crippen molar-refractivity contribution in [1.82, 2.24) is 4.90 Å². The smallest absolute Gasteiger partial charge is 0.303 e. The van der Waals surface area contributed by atoms with Gasteiger partial charge in [0.15, 0.2) is 0 Å². The minimum atomic E-state index is -0.883. The molecule has 172 valence electrons. The summed E-state index contributed by atoms with van der Waals surface area (Å²) < 4.78 is 0. The van der Waals surface area contributed by atoms with E-state index in [-0.39, 0.29) is 18.8 Å². The third-order valence-electron chi connectivity index (χ3n) is 6.65. The molecule has 0 amide bonds. The van der Waals surface area contributed by atoms with E-state index in [4.69, 9.17) is 10.2 Å². The summed E-state index contributed by atoms with van der Waals surface area (Å²) in [6.07, 6.45) is 3.45. The van der Waals surface area contributed by atoms with Gasteiger partial charge in [0.2, 0.25) is 0 Å². The second kappa shape index (κ2) is 11.2. The zero-order chi connectivity index (χ0) is 23.0. The first kappa shape index (κ1) is 24.0. The third-order valence-corrected chi connectivity index (χ3v) is 6.65. The molecule has 1 atom stereocenters. The normalized spacial score (nSPS) is 22.0. The molecule has 6 heteroatoms. The van der Waals surface area contributed by atoms with Crippen LogP contribution in [0.3, 0.4) is 0 Å². The van der Waals surface area contributed by atoms with E-state index in [1.54, 1.807) is 0 Å². The van der Waals surface area contributed by atoms with Crippen LogP contribution in [-0.2, 0) is 15.2 Å². The molecule has 2 bridgehead atoms. The lowest BCUT2D eigenvalue weighted by atomic mass is 9.65. The molecule has 3 fully saturated rings. The van der Waals surface area contributed by atoms with E-state index in [9.17, 15) is 14.7 Å². The maximum atomic E-state index is 11.9. The number of carboxylic acid groups (broad SMARTS) is 2. The number of nitrogens with zero attached hydrogens (tertiary/aromatic N) is 1. The van der Waals surface area contributed by atoms with Gasteiger partial charge >= 0.3 is 11.9 Å². The molecular formula is C26H33NO5. The lowest BCUT2D eigenvalue weighted by molar-refractivity contribution is -0.139. The standard InChI is InChI=1S/C20H23NO.C6H10O4/c22-20(17-7-3-1-4-8-17,18-9-5-2-6-10-18)19-15-21-13-11-16(19)12-14-21;7-5(8)3-1-2-4-6(9)10/h1-10,16,19,22H,11-15H2;1-4H2,(H,7,8)(H,9,10). The van der Waals surface area contributed by atoms with Crippen LogP contribution in [-0.4, -0.2) is 51.8 Å². The Morgan fingerprint density at radius 2 is 1.25 bits per heavy atom. The van der Waals surface area contributed by atoms with Crippen molar-refractivity contribution in [2.24, 2.45) is 11.8 Å². The fourth-order valence-electron chi connectivity index (χ4n) is 4.97. The van der Waals surface area contributed by atoms with Crippen LogP contribution in [0.15, 0.2) is 60.7 Å². The number of hydrogen-bond donors (Lipinski definition) is 3. The summed E-state index contributed by atoms with van der Waals surface area (Å²) in [6.45, 7) is 3.40. The van der Waals surface area contributed by atoms with Crippen LogP contribution < -0.4 is 0 Å². The van der Waals surface area contributed by atoms with Gasteiger partial charge in [0.1, 0.15) is 5.60 Å². The highest BCUT2D eigenvalue weighted by Crippen LogP contribution is 2.46. The average molecular weight is 440 g/mol. The van der Waals surface area contributed by atoms with Crippen molar-refractivity contribution in [3.8, 4) is 0 Å². The Bertz CT molecular complexity index is 807. The van der Waals surface area contributed by atoms with Crippen molar-refractivity contribution in [3.05, 3.63) is 71.8 Å². The fraction of sp³-hybridized carbons (Fsp3) is 0.462. The van der Waals surface area contributed by atoms with E-state index in [1.807, 2.05) is 36.4 Å². The molecule has 3 aliphatic rings. The van der Waals surface area contributed by atoms with Crippen molar-refractivity contribution in [1.29, 1.82) is 0 Å². The van der Waals surface area contributed by atoms with Crippen LogP contribution in [0.4, 0.5) is 0 Å². The summed E-state index contributed by atoms with van der Waals surface area (Å²) in [7, 11) is 0. The molecule has 5 rings (SSSR count).